The lowest BCUT2D eigenvalue weighted by Gasteiger charge is -2.28. The molecule has 0 fully saturated rings. The van der Waals surface area contributed by atoms with Gasteiger partial charge in [0.25, 0.3) is 7.82 Å². The van der Waals surface area contributed by atoms with E-state index in [4.69, 9.17) is 18.5 Å². The van der Waals surface area contributed by atoms with Gasteiger partial charge in [0.15, 0.2) is 0 Å². The first-order valence-corrected chi connectivity index (χ1v) is 23.3. The van der Waals surface area contributed by atoms with Gasteiger partial charge < -0.3 is 27.9 Å². The van der Waals surface area contributed by atoms with E-state index in [1.165, 1.54) is 57.8 Å². The summed E-state index contributed by atoms with van der Waals surface area (Å²) in [6.07, 6.45) is 51.8. The molecule has 8 nitrogen and oxygen atoms in total. The molecule has 2 atom stereocenters. The zero-order valence-electron chi connectivity index (χ0n) is 36.3. The molecular weight excluding hydrogens is 721 g/mol. The molecule has 0 aromatic heterocycles. The second-order valence-electron chi connectivity index (χ2n) is 15.3. The molecule has 0 aliphatic rings. The highest BCUT2D eigenvalue weighted by Crippen LogP contribution is 2.38. The minimum atomic E-state index is -4.54. The van der Waals surface area contributed by atoms with Gasteiger partial charge in [-0.1, -0.05) is 163 Å². The zero-order chi connectivity index (χ0) is 41.3. The van der Waals surface area contributed by atoms with Crippen LogP contribution in [0.3, 0.4) is 0 Å². The third-order valence-electron chi connectivity index (χ3n) is 8.71. The average Bonchev–Trinajstić information content (AvgIpc) is 3.15. The van der Waals surface area contributed by atoms with Crippen molar-refractivity contribution in [2.75, 3.05) is 54.1 Å². The van der Waals surface area contributed by atoms with Crippen molar-refractivity contribution in [2.24, 2.45) is 0 Å². The van der Waals surface area contributed by atoms with Crippen LogP contribution in [0.25, 0.3) is 0 Å². The SMILES string of the molecule is CC/C=C\C/C=C\C/C=C\C/C=C\C/C=C\C/C=C\C/C=C\CCCC(=O)OC(COCCCCCCCCCCCCC)COP(=O)([O-])OCC[N+](C)(C)C. The first-order chi connectivity index (χ1) is 27.1. The Bertz CT molecular complexity index is 1170. The zero-order valence-corrected chi connectivity index (χ0v) is 37.2. The van der Waals surface area contributed by atoms with Crippen molar-refractivity contribution in [2.45, 2.75) is 155 Å². The van der Waals surface area contributed by atoms with Gasteiger partial charge in [0, 0.05) is 13.0 Å². The van der Waals surface area contributed by atoms with Crippen molar-refractivity contribution in [3.8, 4) is 0 Å². The molecule has 0 N–H and O–H groups in total. The Morgan fingerprint density at radius 3 is 1.48 bits per heavy atom. The van der Waals surface area contributed by atoms with Crippen LogP contribution in [-0.4, -0.2) is 70.7 Å². The number of nitrogens with zero attached hydrogens (tertiary/aromatic N) is 1. The molecule has 0 radical (unpaired) electrons. The number of carbonyl (C=O) groups excluding carboxylic acids is 1. The van der Waals surface area contributed by atoms with Gasteiger partial charge in [0.1, 0.15) is 19.3 Å². The van der Waals surface area contributed by atoms with Crippen molar-refractivity contribution >= 4 is 13.8 Å². The van der Waals surface area contributed by atoms with Crippen LogP contribution in [0.15, 0.2) is 85.1 Å². The van der Waals surface area contributed by atoms with Gasteiger partial charge in [-0.2, -0.15) is 0 Å². The smallest absolute Gasteiger partial charge is 0.306 e. The Hall–Kier alpha value is -2.32. The summed E-state index contributed by atoms with van der Waals surface area (Å²) in [7, 11) is 1.31. The minimum absolute atomic E-state index is 0.0116. The summed E-state index contributed by atoms with van der Waals surface area (Å²) in [5.41, 5.74) is 0. The molecule has 0 spiro atoms. The number of carbonyl (C=O) groups is 1. The average molecular weight is 804 g/mol. The monoisotopic (exact) mass is 804 g/mol. The number of quaternary nitrogens is 1. The third kappa shape index (κ3) is 42.8. The number of hydrogen-bond acceptors (Lipinski definition) is 7. The third-order valence-corrected chi connectivity index (χ3v) is 9.68. The van der Waals surface area contributed by atoms with Gasteiger partial charge in [-0.05, 0) is 64.2 Å². The molecule has 2 unspecified atom stereocenters. The predicted octanol–water partition coefficient (Wildman–Crippen LogP) is 12.2. The maximum atomic E-state index is 12.6. The summed E-state index contributed by atoms with van der Waals surface area (Å²) in [6.45, 7) is 5.19. The summed E-state index contributed by atoms with van der Waals surface area (Å²) in [4.78, 5) is 25.0. The number of phosphoric ester groups is 1. The highest BCUT2D eigenvalue weighted by molar-refractivity contribution is 7.45. The molecule has 0 aliphatic carbocycles. The predicted molar refractivity (Wildman–Crippen MR) is 235 cm³/mol. The molecule has 0 aromatic carbocycles. The molecule has 0 saturated carbocycles. The van der Waals surface area contributed by atoms with Crippen LogP contribution in [-0.2, 0) is 27.9 Å². The van der Waals surface area contributed by atoms with Crippen LogP contribution < -0.4 is 4.89 Å². The van der Waals surface area contributed by atoms with E-state index in [0.29, 0.717) is 24.1 Å². The van der Waals surface area contributed by atoms with Gasteiger partial charge in [0.2, 0.25) is 0 Å². The van der Waals surface area contributed by atoms with Gasteiger partial charge in [0.05, 0.1) is 34.4 Å². The van der Waals surface area contributed by atoms with Crippen molar-refractivity contribution in [1.82, 2.24) is 0 Å². The lowest BCUT2D eigenvalue weighted by molar-refractivity contribution is -0.870. The number of unbranched alkanes of at least 4 members (excludes halogenated alkanes) is 11. The van der Waals surface area contributed by atoms with Crippen molar-refractivity contribution < 1.29 is 37.3 Å². The number of esters is 1. The van der Waals surface area contributed by atoms with Gasteiger partial charge in [-0.15, -0.1) is 0 Å². The lowest BCUT2D eigenvalue weighted by Crippen LogP contribution is -2.37. The number of phosphoric acid groups is 1. The van der Waals surface area contributed by atoms with Crippen LogP contribution in [0.1, 0.15) is 149 Å². The second kappa shape index (κ2) is 39.5. The largest absolute Gasteiger partial charge is 0.756 e. The minimum Gasteiger partial charge on any atom is -0.756 e. The Balaban J connectivity index is 4.35. The molecule has 0 bridgehead atoms. The Morgan fingerprint density at radius 1 is 0.571 bits per heavy atom. The van der Waals surface area contributed by atoms with E-state index in [9.17, 15) is 14.3 Å². The molecule has 56 heavy (non-hydrogen) atoms. The topological polar surface area (TPSA) is 94.1 Å². The van der Waals surface area contributed by atoms with E-state index in [0.717, 1.165) is 64.2 Å². The normalized spacial score (nSPS) is 14.6. The van der Waals surface area contributed by atoms with E-state index in [1.54, 1.807) is 0 Å². The number of hydrogen-bond donors (Lipinski definition) is 0. The Labute approximate surface area is 344 Å². The van der Waals surface area contributed by atoms with Crippen LogP contribution in [0.4, 0.5) is 0 Å². The molecule has 0 aromatic rings. The van der Waals surface area contributed by atoms with E-state index >= 15 is 0 Å². The van der Waals surface area contributed by atoms with E-state index in [-0.39, 0.29) is 26.2 Å². The molecule has 0 saturated heterocycles. The summed E-state index contributed by atoms with van der Waals surface area (Å²) in [6, 6.07) is 0. The van der Waals surface area contributed by atoms with Crippen molar-refractivity contribution in [3.63, 3.8) is 0 Å². The summed E-state index contributed by atoms with van der Waals surface area (Å²) >= 11 is 0. The second-order valence-corrected chi connectivity index (χ2v) is 16.7. The molecule has 9 heteroatoms. The highest BCUT2D eigenvalue weighted by atomic mass is 31.2. The van der Waals surface area contributed by atoms with Gasteiger partial charge >= 0.3 is 5.97 Å². The first-order valence-electron chi connectivity index (χ1n) is 21.8. The number of allylic oxidation sites excluding steroid dienone is 14. The lowest BCUT2D eigenvalue weighted by atomic mass is 10.1. The number of likely N-dealkylation sites (N-methyl/N-ethyl adjacent to an activating group) is 1. The van der Waals surface area contributed by atoms with E-state index < -0.39 is 19.9 Å². The molecular formula is C47H82NO7P. The first kappa shape index (κ1) is 53.7. The standard InChI is InChI=1S/C47H82NO7P/c1-6-8-10-12-14-16-18-19-20-21-22-23-24-25-26-27-28-29-30-32-34-36-38-40-47(49)55-46(45-54-56(50,51)53-43-41-48(3,4)5)44-52-42-39-37-35-33-31-17-15-13-11-9-7-2/h8,10,14,16,19-20,22-23,25-26,28-29,32,34,46H,6-7,9,11-13,15,17-18,21,24,27,30-31,33,35-45H2,1-5H3/b10-8-,16-14-,20-19-,23-22-,26-25-,29-28-,34-32-. The van der Waals surface area contributed by atoms with E-state index in [1.807, 2.05) is 21.1 Å². The maximum absolute atomic E-state index is 12.6. The fraction of sp³-hybridized carbons (Fsp3) is 0.681. The Morgan fingerprint density at radius 2 is 1.02 bits per heavy atom. The molecule has 0 rings (SSSR count). The number of rotatable bonds is 39. The highest BCUT2D eigenvalue weighted by Gasteiger charge is 2.20. The van der Waals surface area contributed by atoms with Gasteiger partial charge in [-0.25, -0.2) is 0 Å². The maximum Gasteiger partial charge on any atom is 0.306 e. The Kier molecular flexibility index (Phi) is 37.9. The molecule has 0 heterocycles. The number of ether oxygens (including phenoxy) is 2. The molecule has 322 valence electrons. The summed E-state index contributed by atoms with van der Waals surface area (Å²) in [5.74, 6) is -0.395. The van der Waals surface area contributed by atoms with E-state index in [2.05, 4.69) is 98.9 Å². The van der Waals surface area contributed by atoms with Crippen molar-refractivity contribution in [3.05, 3.63) is 85.1 Å². The van der Waals surface area contributed by atoms with Crippen molar-refractivity contribution in [1.29, 1.82) is 0 Å². The summed E-state index contributed by atoms with van der Waals surface area (Å²) in [5, 5.41) is 0. The fourth-order valence-corrected chi connectivity index (χ4v) is 6.09. The summed E-state index contributed by atoms with van der Waals surface area (Å²) < 4.78 is 34.4. The molecule has 0 aliphatic heterocycles. The van der Waals surface area contributed by atoms with Crippen LogP contribution in [0.5, 0.6) is 0 Å². The molecule has 0 amide bonds. The van der Waals surface area contributed by atoms with Crippen LogP contribution in [0, 0.1) is 0 Å². The van der Waals surface area contributed by atoms with Gasteiger partial charge in [-0.3, -0.25) is 9.36 Å². The van der Waals surface area contributed by atoms with Crippen LogP contribution in [0.2, 0.25) is 0 Å². The quantitative estimate of drug-likeness (QED) is 0.0201. The van der Waals surface area contributed by atoms with Crippen LogP contribution >= 0.6 is 7.82 Å². The fourth-order valence-electron chi connectivity index (χ4n) is 5.36.